The summed E-state index contributed by atoms with van der Waals surface area (Å²) < 4.78 is 77.6. The third-order valence-electron chi connectivity index (χ3n) is 20.9. The average molecular weight is 1690 g/mol. The van der Waals surface area contributed by atoms with Crippen molar-refractivity contribution in [3.05, 3.63) is 282 Å². The molecule has 124 heavy (non-hydrogen) atoms. The van der Waals surface area contributed by atoms with E-state index in [-0.39, 0.29) is 124 Å². The summed E-state index contributed by atoms with van der Waals surface area (Å²) in [6.45, 7) is 5.88. The van der Waals surface area contributed by atoms with Crippen LogP contribution < -0.4 is 43.0 Å². The number of amides is 8. The third kappa shape index (κ3) is 20.9. The molecule has 2 aliphatic rings. The van der Waals surface area contributed by atoms with Gasteiger partial charge in [-0.05, 0) is 137 Å². The van der Waals surface area contributed by atoms with Gasteiger partial charge in [-0.25, -0.2) is 55.5 Å². The molecule has 11 aromatic rings. The number of benzene rings is 7. The lowest BCUT2D eigenvalue weighted by atomic mass is 10.1. The molecule has 0 bridgehead atoms. The number of hydrogen-bond acceptors (Lipinski definition) is 16. The predicted octanol–water partition coefficient (Wildman–Crippen LogP) is 10.3. The molecule has 4 aromatic heterocycles. The number of fused-ring (bicyclic) bond motifs is 2. The Labute approximate surface area is 710 Å². The Kier molecular flexibility index (Phi) is 28.7. The van der Waals surface area contributed by atoms with Crippen molar-refractivity contribution in [2.24, 2.45) is 0 Å². The van der Waals surface area contributed by atoms with Crippen molar-refractivity contribution in [1.82, 2.24) is 68.8 Å². The number of halogens is 4. The van der Waals surface area contributed by atoms with E-state index in [0.717, 1.165) is 47.8 Å². The van der Waals surface area contributed by atoms with Crippen molar-refractivity contribution in [2.45, 2.75) is 105 Å². The van der Waals surface area contributed by atoms with Crippen LogP contribution in [0.1, 0.15) is 119 Å². The van der Waals surface area contributed by atoms with Crippen LogP contribution in [0.25, 0.3) is 34.1 Å². The monoisotopic (exact) mass is 1690 g/mol. The molecule has 13 rings (SSSR count). The van der Waals surface area contributed by atoms with Crippen LogP contribution in [-0.2, 0) is 67.9 Å². The minimum absolute atomic E-state index is 0.0686. The zero-order valence-electron chi connectivity index (χ0n) is 68.5. The van der Waals surface area contributed by atoms with Crippen LogP contribution in [-0.4, -0.2) is 173 Å². The molecule has 32 heteroatoms. The van der Waals surface area contributed by atoms with Crippen molar-refractivity contribution >= 4 is 70.6 Å². The number of urea groups is 2. The Hall–Kier alpha value is -14.5. The van der Waals surface area contributed by atoms with Crippen molar-refractivity contribution in [3.63, 3.8) is 0 Å². The summed E-state index contributed by atoms with van der Waals surface area (Å²) in [4.78, 5) is 157. The maximum absolute atomic E-state index is 15.5. The van der Waals surface area contributed by atoms with Crippen molar-refractivity contribution in [3.8, 4) is 46.2 Å². The number of nitrogens with zero attached hydrogens (tertiary/aromatic N) is 10. The van der Waals surface area contributed by atoms with E-state index in [9.17, 15) is 47.9 Å². The van der Waals surface area contributed by atoms with Gasteiger partial charge in [0.1, 0.15) is 46.5 Å². The summed E-state index contributed by atoms with van der Waals surface area (Å²) in [7, 11) is 0. The van der Waals surface area contributed by atoms with Gasteiger partial charge >= 0.3 is 24.0 Å². The van der Waals surface area contributed by atoms with Crippen LogP contribution in [0, 0.1) is 47.0 Å². The molecule has 0 spiro atoms. The first-order valence-corrected chi connectivity index (χ1v) is 40.6. The van der Waals surface area contributed by atoms with Crippen LogP contribution in [0.3, 0.4) is 0 Å². The van der Waals surface area contributed by atoms with E-state index in [1.54, 1.807) is 110 Å². The maximum atomic E-state index is 15.5. The number of carbonyl (C=O) groups excluding carboxylic acids is 8. The molecule has 8 amide bonds. The van der Waals surface area contributed by atoms with Gasteiger partial charge in [0, 0.05) is 110 Å². The normalized spacial score (nSPS) is 13.6. The summed E-state index contributed by atoms with van der Waals surface area (Å²) in [5.41, 5.74) is 1.91. The van der Waals surface area contributed by atoms with Crippen molar-refractivity contribution in [1.29, 1.82) is 0 Å². The van der Waals surface area contributed by atoms with E-state index in [0.29, 0.717) is 72.4 Å². The third-order valence-corrected chi connectivity index (χ3v) is 20.9. The van der Waals surface area contributed by atoms with E-state index >= 15 is 17.6 Å². The molecule has 2 saturated heterocycles. The SMILES string of the molecule is CCNC(=O)Nc1ccc(-c2nc3n(Cc4c(F)cccc4F)cc(C(=O)OCC)c(=O)n3c2CN(CC(=O)N2CCC[C@H]2C(=O)NCC#Cc2ccc(C#CCNC(=O)[C@@H]3CCCN3C(=O)CN(Cc3ccccc3)Cc3c(-c4ccc(NC(=O)NCC)cc4)nc4n(Cc5c(F)cccc5F)cc(C(=O)OCC)c(=O)n34)cc2)Cc2ccccc2)cc1. The number of hydrogen-bond donors (Lipinski definition) is 6. The first kappa shape index (κ1) is 87.3. The van der Waals surface area contributed by atoms with Gasteiger partial charge in [-0.15, -0.1) is 0 Å². The zero-order valence-corrected chi connectivity index (χ0v) is 68.5. The van der Waals surface area contributed by atoms with Crippen LogP contribution >= 0.6 is 0 Å². The number of rotatable bonds is 30. The van der Waals surface area contributed by atoms with Gasteiger partial charge in [0.2, 0.25) is 35.2 Å². The van der Waals surface area contributed by atoms with Crippen LogP contribution in [0.2, 0.25) is 0 Å². The van der Waals surface area contributed by atoms with E-state index in [1.807, 2.05) is 60.7 Å². The highest BCUT2D eigenvalue weighted by molar-refractivity contribution is 5.93. The molecule has 638 valence electrons. The van der Waals surface area contributed by atoms with E-state index in [4.69, 9.17) is 19.4 Å². The minimum Gasteiger partial charge on any atom is -0.462 e. The summed E-state index contributed by atoms with van der Waals surface area (Å²) >= 11 is 0. The highest BCUT2D eigenvalue weighted by Gasteiger charge is 2.38. The largest absolute Gasteiger partial charge is 0.462 e. The summed E-state index contributed by atoms with van der Waals surface area (Å²) in [5.74, 6) is 4.67. The maximum Gasteiger partial charge on any atom is 0.345 e. The lowest BCUT2D eigenvalue weighted by molar-refractivity contribution is -0.139. The molecule has 2 fully saturated rings. The van der Waals surface area contributed by atoms with Gasteiger partial charge in [-0.3, -0.25) is 38.6 Å². The van der Waals surface area contributed by atoms with E-state index in [2.05, 4.69) is 55.6 Å². The van der Waals surface area contributed by atoms with Crippen LogP contribution in [0.15, 0.2) is 192 Å². The Balaban J connectivity index is 0.672. The highest BCUT2D eigenvalue weighted by Crippen LogP contribution is 2.32. The second kappa shape index (κ2) is 40.7. The zero-order chi connectivity index (χ0) is 87.5. The number of carbonyl (C=O) groups is 8. The topological polar surface area (TPSA) is 319 Å². The van der Waals surface area contributed by atoms with Gasteiger partial charge < -0.3 is 60.3 Å². The summed E-state index contributed by atoms with van der Waals surface area (Å²) in [6, 6.07) is 42.7. The molecule has 2 aliphatic heterocycles. The molecule has 6 heterocycles. The fraction of sp³-hybridized carbons (Fsp3) is 0.283. The van der Waals surface area contributed by atoms with Crippen LogP contribution in [0.4, 0.5) is 38.5 Å². The standard InChI is InChI=1S/C92H90F4N16O12/c1-5-97-89(121)101-65-41-37-63(38-42-65)81-77(111-85(117)69(87(119)123-7-3)53-107(91(111)103-81)51-67-71(93)27-15-28-72(67)94)55-105(49-61-21-11-9-12-22-61)57-79(113)109-47-19-31-75(109)83(115)99-45-17-25-59-33-35-60(36-34-59)26-18-46-100-84(116)76-32-20-48-110(76)80(114)58-106(50-62-23-13-10-14-24-62)56-78-82(64-39-43-66(44-40-64)102-90(122)98-6-2)104-92-108(52-68-73(95)29-16-30-74(68)96)54-70(86(118)112(78)92)88(120)124-8-4/h9-16,21-24,27-30,33-44,53-54,75-76H,5-8,19-20,31-32,45-52,55-58H2,1-4H3,(H,99,115)(H,100,116)(H2,97,101,121)(H2,98,102,122)/t75-,76-/m0/s1. The smallest absolute Gasteiger partial charge is 0.345 e. The molecule has 0 radical (unpaired) electrons. The van der Waals surface area contributed by atoms with Gasteiger partial charge in [0.05, 0.1) is 75.3 Å². The molecule has 7 aromatic carbocycles. The minimum atomic E-state index is -0.999. The van der Waals surface area contributed by atoms with Gasteiger partial charge in [0.15, 0.2) is 0 Å². The molecular weight excluding hydrogens is 1600 g/mol. The van der Waals surface area contributed by atoms with E-state index in [1.165, 1.54) is 39.9 Å². The van der Waals surface area contributed by atoms with Gasteiger partial charge in [-0.2, -0.15) is 0 Å². The van der Waals surface area contributed by atoms with Gasteiger partial charge in [0.25, 0.3) is 11.1 Å². The second-order valence-corrected chi connectivity index (χ2v) is 29.4. The predicted molar refractivity (Wildman–Crippen MR) is 455 cm³/mol. The number of esters is 2. The Morgan fingerprint density at radius 2 is 0.831 bits per heavy atom. The lowest BCUT2D eigenvalue weighted by Gasteiger charge is -2.28. The first-order valence-electron chi connectivity index (χ1n) is 40.6. The fourth-order valence-electron chi connectivity index (χ4n) is 15.1. The number of aromatic nitrogens is 6. The van der Waals surface area contributed by atoms with Crippen molar-refractivity contribution < 1.29 is 65.4 Å². The average Bonchev–Trinajstić information content (AvgIpc) is 1.59. The molecular formula is C92H90F4N16O12. The number of imidazole rings is 2. The van der Waals surface area contributed by atoms with E-state index < -0.39 is 118 Å². The number of ether oxygens (including phenoxy) is 2. The summed E-state index contributed by atoms with van der Waals surface area (Å²) in [6.07, 6.45) is 4.04. The van der Waals surface area contributed by atoms with Gasteiger partial charge in [-0.1, -0.05) is 121 Å². The molecule has 0 aliphatic carbocycles. The first-order chi connectivity index (χ1) is 60.1. The number of anilines is 2. The summed E-state index contributed by atoms with van der Waals surface area (Å²) in [5, 5.41) is 16.6. The highest BCUT2D eigenvalue weighted by atomic mass is 19.1. The molecule has 28 nitrogen and oxygen atoms in total. The quantitative estimate of drug-likeness (QED) is 0.0138. The number of nitrogens with one attached hydrogen (secondary N) is 6. The molecule has 0 unspecified atom stereocenters. The Bertz CT molecular complexity index is 5670. The lowest BCUT2D eigenvalue weighted by Crippen LogP contribution is -2.49. The second-order valence-electron chi connectivity index (χ2n) is 29.4. The number of likely N-dealkylation sites (tertiary alicyclic amines) is 2. The van der Waals surface area contributed by atoms with Crippen LogP contribution in [0.5, 0.6) is 0 Å². The molecule has 6 N–H and O–H groups in total. The fourth-order valence-corrected chi connectivity index (χ4v) is 15.1. The van der Waals surface area contributed by atoms with Crippen molar-refractivity contribution in [2.75, 3.05) is 76.2 Å². The molecule has 2 atom stereocenters. The Morgan fingerprint density at radius 1 is 0.460 bits per heavy atom. The molecule has 0 saturated carbocycles. The Morgan fingerprint density at radius 3 is 1.19 bits per heavy atom.